The Balaban J connectivity index is 1.72. The molecule has 2 heterocycles. The van der Waals surface area contributed by atoms with E-state index < -0.39 is 0 Å². The number of nitrogens with zero attached hydrogens (tertiary/aromatic N) is 2. The molecule has 2 aliphatic rings. The van der Waals surface area contributed by atoms with E-state index >= 15 is 0 Å². The van der Waals surface area contributed by atoms with Gasteiger partial charge in [0.25, 0.3) is 5.91 Å². The molecule has 2 aliphatic heterocycles. The van der Waals surface area contributed by atoms with Gasteiger partial charge in [-0.25, -0.2) is 0 Å². The van der Waals surface area contributed by atoms with Gasteiger partial charge in [-0.1, -0.05) is 23.8 Å². The first kappa shape index (κ1) is 26.8. The highest BCUT2D eigenvalue weighted by Gasteiger charge is 2.17. The van der Waals surface area contributed by atoms with Crippen LogP contribution in [0.1, 0.15) is 41.8 Å². The minimum Gasteiger partial charge on any atom is -0.398 e. The first-order valence-corrected chi connectivity index (χ1v) is 12.1. The Bertz CT molecular complexity index is 1230. The van der Waals surface area contributed by atoms with Gasteiger partial charge in [-0.3, -0.25) is 15.1 Å². The topological polar surface area (TPSA) is 111 Å². The van der Waals surface area contributed by atoms with Crippen molar-refractivity contribution in [3.63, 3.8) is 0 Å². The molecular formula is C29H38N6O. The van der Waals surface area contributed by atoms with E-state index in [1.165, 1.54) is 22.8 Å². The Morgan fingerprint density at radius 2 is 1.97 bits per heavy atom. The van der Waals surface area contributed by atoms with Crippen LogP contribution < -0.4 is 16.8 Å². The quantitative estimate of drug-likeness (QED) is 0.346. The lowest BCUT2D eigenvalue weighted by Gasteiger charge is -2.28. The fourth-order valence-corrected chi connectivity index (χ4v) is 4.49. The molecule has 36 heavy (non-hydrogen) atoms. The Hall–Kier alpha value is -3.84. The Morgan fingerprint density at radius 1 is 1.22 bits per heavy atom. The molecule has 7 nitrogen and oxygen atoms in total. The number of hydrogen-bond donors (Lipinski definition) is 4. The lowest BCUT2D eigenvalue weighted by atomic mass is 9.93. The van der Waals surface area contributed by atoms with Crippen LogP contribution in [0.15, 0.2) is 82.9 Å². The second kappa shape index (κ2) is 11.7. The number of rotatable bonds is 7. The fraction of sp³-hybridized carbons (Fsp3) is 0.310. The highest BCUT2D eigenvalue weighted by Crippen LogP contribution is 2.28. The summed E-state index contributed by atoms with van der Waals surface area (Å²) >= 11 is 0. The van der Waals surface area contributed by atoms with Crippen molar-refractivity contribution in [3.8, 4) is 0 Å². The summed E-state index contributed by atoms with van der Waals surface area (Å²) in [6, 6.07) is 6.00. The van der Waals surface area contributed by atoms with Crippen molar-refractivity contribution in [2.24, 2.45) is 11.5 Å². The fourth-order valence-electron chi connectivity index (χ4n) is 4.49. The molecule has 6 N–H and O–H groups in total. The molecule has 190 valence electrons. The molecule has 7 heteroatoms. The number of nitrogens with two attached hydrogens (primary N) is 2. The third-order valence-electron chi connectivity index (χ3n) is 6.38. The van der Waals surface area contributed by atoms with Crippen molar-refractivity contribution >= 4 is 17.3 Å². The van der Waals surface area contributed by atoms with Crippen LogP contribution in [0.4, 0.5) is 0 Å². The zero-order chi connectivity index (χ0) is 26.4. The van der Waals surface area contributed by atoms with E-state index in [-0.39, 0.29) is 11.7 Å². The largest absolute Gasteiger partial charge is 0.398 e. The van der Waals surface area contributed by atoms with Gasteiger partial charge in [0.05, 0.1) is 0 Å². The minimum atomic E-state index is -0.0313. The van der Waals surface area contributed by atoms with Gasteiger partial charge in [0.15, 0.2) is 0 Å². The molecule has 0 unspecified atom stereocenters. The van der Waals surface area contributed by atoms with Gasteiger partial charge < -0.3 is 21.7 Å². The smallest absolute Gasteiger partial charge is 0.253 e. The van der Waals surface area contributed by atoms with Gasteiger partial charge in [-0.2, -0.15) is 0 Å². The molecule has 0 radical (unpaired) electrons. The maximum Gasteiger partial charge on any atom is 0.253 e. The van der Waals surface area contributed by atoms with Gasteiger partial charge in [0.1, 0.15) is 5.84 Å². The number of benzene rings is 1. The molecule has 0 spiro atoms. The number of amides is 1. The summed E-state index contributed by atoms with van der Waals surface area (Å²) in [7, 11) is 3.55. The number of allylic oxidation sites excluding steroid dienone is 6. The number of carbonyl (C=O) groups is 1. The second-order valence-corrected chi connectivity index (χ2v) is 9.61. The predicted molar refractivity (Wildman–Crippen MR) is 149 cm³/mol. The maximum absolute atomic E-state index is 12.3. The normalized spacial score (nSPS) is 18.2. The summed E-state index contributed by atoms with van der Waals surface area (Å²) in [4.78, 5) is 16.3. The van der Waals surface area contributed by atoms with Crippen LogP contribution in [0.25, 0.3) is 5.57 Å². The summed E-state index contributed by atoms with van der Waals surface area (Å²) in [5, 5.41) is 10.7. The molecule has 1 amide bonds. The first-order valence-electron chi connectivity index (χ1n) is 12.1. The molecule has 0 bridgehead atoms. The SMILES string of the molecule is CC1=C(/C=C(\C)CN2CC=C(c3ccc(C(=O)N(C)C)cc3C)CC2)/C(=C(N)\C=C/C(=N)N)C=CN1. The molecule has 0 saturated carbocycles. The first-order chi connectivity index (χ1) is 17.1. The van der Waals surface area contributed by atoms with E-state index in [0.717, 1.165) is 54.0 Å². The zero-order valence-corrected chi connectivity index (χ0v) is 22.0. The lowest BCUT2D eigenvalue weighted by molar-refractivity contribution is 0.0827. The Labute approximate surface area is 214 Å². The Morgan fingerprint density at radius 3 is 2.58 bits per heavy atom. The molecule has 1 aromatic rings. The van der Waals surface area contributed by atoms with Gasteiger partial charge in [-0.05, 0) is 74.3 Å². The predicted octanol–water partition coefficient (Wildman–Crippen LogP) is 3.83. The third kappa shape index (κ3) is 6.64. The van der Waals surface area contributed by atoms with Crippen molar-refractivity contribution in [1.82, 2.24) is 15.1 Å². The van der Waals surface area contributed by atoms with Crippen molar-refractivity contribution < 1.29 is 4.79 Å². The van der Waals surface area contributed by atoms with E-state index in [2.05, 4.69) is 42.3 Å². The van der Waals surface area contributed by atoms with Gasteiger partial charge in [0.2, 0.25) is 0 Å². The van der Waals surface area contributed by atoms with Crippen molar-refractivity contribution in [2.45, 2.75) is 27.2 Å². The van der Waals surface area contributed by atoms with Crippen LogP contribution in [-0.4, -0.2) is 55.3 Å². The monoisotopic (exact) mass is 486 g/mol. The molecule has 1 aromatic carbocycles. The number of dihydropyridines is 1. The summed E-state index contributed by atoms with van der Waals surface area (Å²) in [5.41, 5.74) is 20.9. The summed E-state index contributed by atoms with van der Waals surface area (Å²) < 4.78 is 0. The van der Waals surface area contributed by atoms with E-state index in [4.69, 9.17) is 16.9 Å². The summed E-state index contributed by atoms with van der Waals surface area (Å²) in [6.07, 6.45) is 12.4. The average molecular weight is 487 g/mol. The molecule has 0 atom stereocenters. The van der Waals surface area contributed by atoms with Crippen molar-refractivity contribution in [3.05, 3.63) is 99.6 Å². The van der Waals surface area contributed by atoms with Crippen LogP contribution in [0.2, 0.25) is 0 Å². The van der Waals surface area contributed by atoms with E-state index in [9.17, 15) is 4.79 Å². The maximum atomic E-state index is 12.3. The van der Waals surface area contributed by atoms with Gasteiger partial charge >= 0.3 is 0 Å². The molecule has 3 rings (SSSR count). The number of hydrogen-bond acceptors (Lipinski definition) is 5. The van der Waals surface area contributed by atoms with Crippen molar-refractivity contribution in [1.29, 1.82) is 5.41 Å². The number of aryl methyl sites for hydroxylation is 1. The number of amidine groups is 1. The highest BCUT2D eigenvalue weighted by molar-refractivity contribution is 5.94. The lowest BCUT2D eigenvalue weighted by Crippen LogP contribution is -2.30. The van der Waals surface area contributed by atoms with Crippen LogP contribution in [0.5, 0.6) is 0 Å². The molecule has 0 fully saturated rings. The molecule has 0 saturated heterocycles. The number of carbonyl (C=O) groups excluding carboxylic acids is 1. The molecule has 0 aliphatic carbocycles. The van der Waals surface area contributed by atoms with Crippen LogP contribution in [0.3, 0.4) is 0 Å². The summed E-state index contributed by atoms with van der Waals surface area (Å²) in [6.45, 7) is 8.95. The van der Waals surface area contributed by atoms with Crippen LogP contribution in [0, 0.1) is 12.3 Å². The van der Waals surface area contributed by atoms with Gasteiger partial charge in [-0.15, -0.1) is 0 Å². The average Bonchev–Trinajstić information content (AvgIpc) is 2.83. The van der Waals surface area contributed by atoms with E-state index in [1.54, 1.807) is 25.1 Å². The van der Waals surface area contributed by atoms with Gasteiger partial charge in [0, 0.05) is 68.0 Å². The van der Waals surface area contributed by atoms with Crippen LogP contribution in [-0.2, 0) is 0 Å². The molecule has 0 aromatic heterocycles. The highest BCUT2D eigenvalue weighted by atomic mass is 16.2. The standard InChI is InChI=1S/C29H38N6O/c1-19(16-26-21(3)33-13-10-25(26)27(30)8-9-28(31)32)18-35-14-11-22(12-15-35)24-7-6-23(17-20(24)2)29(36)34(4)5/h6-11,13,16-17,33H,12,14-15,18,30H2,1-5H3,(H3,31,32)/b9-8-,19-16+,27-25+. The Kier molecular flexibility index (Phi) is 8.72. The second-order valence-electron chi connectivity index (χ2n) is 9.61. The molecular weight excluding hydrogens is 448 g/mol. The van der Waals surface area contributed by atoms with E-state index in [0.29, 0.717) is 5.70 Å². The number of nitrogens with one attached hydrogen (secondary N) is 2. The van der Waals surface area contributed by atoms with Crippen LogP contribution >= 0.6 is 0 Å². The minimum absolute atomic E-state index is 0.0272. The van der Waals surface area contributed by atoms with Crippen molar-refractivity contribution in [2.75, 3.05) is 33.7 Å². The summed E-state index contributed by atoms with van der Waals surface area (Å²) in [5.74, 6) is -0.00416. The van der Waals surface area contributed by atoms with E-state index in [1.807, 2.05) is 31.3 Å². The zero-order valence-electron chi connectivity index (χ0n) is 22.0. The third-order valence-corrected chi connectivity index (χ3v) is 6.38.